The number of rotatable bonds is 3. The second kappa shape index (κ2) is 11.9. The molecule has 7 heteroatoms. The molecule has 0 saturated heterocycles. The Morgan fingerprint density at radius 3 is 1.88 bits per heavy atom. The van der Waals surface area contributed by atoms with E-state index in [4.69, 9.17) is 0 Å². The summed E-state index contributed by atoms with van der Waals surface area (Å²) in [7, 11) is -1.74. The van der Waals surface area contributed by atoms with Gasteiger partial charge in [0.05, 0.1) is 15.7 Å². The first-order chi connectivity index (χ1) is 20.2. The monoisotopic (exact) mass is 574 g/mol. The number of aromatic hydroxyl groups is 4. The predicted octanol–water partition coefficient (Wildman–Crippen LogP) is 6.59. The summed E-state index contributed by atoms with van der Waals surface area (Å²) in [6, 6.07) is 24.8. The summed E-state index contributed by atoms with van der Waals surface area (Å²) < 4.78 is 27.7. The van der Waals surface area contributed by atoms with Gasteiger partial charge >= 0.3 is 0 Å². The van der Waals surface area contributed by atoms with E-state index in [1.165, 1.54) is 48.5 Å². The summed E-state index contributed by atoms with van der Waals surface area (Å²) in [4.78, 5) is 0.489. The second-order valence-corrected chi connectivity index (χ2v) is 10.8. The molecule has 0 radical (unpaired) electrons. The summed E-state index contributed by atoms with van der Waals surface area (Å²) in [5.41, 5.74) is 3.83. The van der Waals surface area contributed by atoms with Gasteiger partial charge in [-0.3, -0.25) is 0 Å². The molecular formula is C35H23FO5S. The van der Waals surface area contributed by atoms with Gasteiger partial charge in [0.25, 0.3) is 0 Å². The lowest BCUT2D eigenvalue weighted by molar-refractivity contribution is 0.403. The number of halogens is 1. The fourth-order valence-electron chi connectivity index (χ4n) is 4.10. The summed E-state index contributed by atoms with van der Waals surface area (Å²) >= 11 is 0. The Bertz CT molecular complexity index is 1980. The van der Waals surface area contributed by atoms with E-state index in [2.05, 4.69) is 23.7 Å². The van der Waals surface area contributed by atoms with Crippen LogP contribution in [-0.2, 0) is 10.8 Å². The van der Waals surface area contributed by atoms with Crippen molar-refractivity contribution in [2.24, 2.45) is 0 Å². The number of phenols is 4. The van der Waals surface area contributed by atoms with Crippen LogP contribution in [0, 0.1) is 36.4 Å². The van der Waals surface area contributed by atoms with Crippen molar-refractivity contribution in [2.75, 3.05) is 0 Å². The third kappa shape index (κ3) is 6.28. The van der Waals surface area contributed by atoms with Gasteiger partial charge in [-0.1, -0.05) is 41.4 Å². The minimum absolute atomic E-state index is 0.0126. The molecule has 0 saturated carbocycles. The minimum atomic E-state index is -1.74. The van der Waals surface area contributed by atoms with Crippen LogP contribution >= 0.6 is 0 Å². The first kappa shape index (κ1) is 28.0. The highest BCUT2D eigenvalue weighted by atomic mass is 32.2. The molecule has 5 aromatic rings. The van der Waals surface area contributed by atoms with Crippen molar-refractivity contribution in [2.45, 2.75) is 16.7 Å². The summed E-state index contributed by atoms with van der Waals surface area (Å²) in [5.74, 6) is 10.5. The van der Waals surface area contributed by atoms with Crippen LogP contribution < -0.4 is 0 Å². The molecule has 0 amide bonds. The van der Waals surface area contributed by atoms with Crippen molar-refractivity contribution in [3.63, 3.8) is 0 Å². The van der Waals surface area contributed by atoms with Gasteiger partial charge in [0.2, 0.25) is 0 Å². The Labute approximate surface area is 244 Å². The van der Waals surface area contributed by atoms with Gasteiger partial charge in [-0.2, -0.15) is 0 Å². The van der Waals surface area contributed by atoms with Crippen LogP contribution in [-0.4, -0.2) is 24.6 Å². The largest absolute Gasteiger partial charge is 0.508 e. The molecule has 0 aromatic heterocycles. The maximum absolute atomic E-state index is 14.6. The van der Waals surface area contributed by atoms with Crippen LogP contribution in [0.2, 0.25) is 0 Å². The molecule has 5 nitrogen and oxygen atoms in total. The second-order valence-electron chi connectivity index (χ2n) is 9.39. The highest BCUT2D eigenvalue weighted by Crippen LogP contribution is 2.34. The van der Waals surface area contributed by atoms with E-state index in [0.717, 1.165) is 5.56 Å². The third-order valence-corrected chi connectivity index (χ3v) is 7.74. The Kier molecular flexibility index (Phi) is 7.97. The molecule has 0 aliphatic rings. The average Bonchev–Trinajstić information content (AvgIpc) is 2.98. The molecule has 1 unspecified atom stereocenters. The van der Waals surface area contributed by atoms with Crippen molar-refractivity contribution in [3.8, 4) is 57.8 Å². The van der Waals surface area contributed by atoms with Crippen molar-refractivity contribution < 1.29 is 29.0 Å². The molecule has 4 N–H and O–H groups in total. The maximum atomic E-state index is 14.6. The predicted molar refractivity (Wildman–Crippen MR) is 159 cm³/mol. The van der Waals surface area contributed by atoms with Crippen LogP contribution in [0.15, 0.2) is 107 Å². The molecule has 206 valence electrons. The molecule has 0 aliphatic carbocycles. The molecule has 0 heterocycles. The first-order valence-electron chi connectivity index (χ1n) is 12.7. The highest BCUT2D eigenvalue weighted by Gasteiger charge is 2.14. The smallest absolute Gasteiger partial charge is 0.158 e. The lowest BCUT2D eigenvalue weighted by atomic mass is 9.97. The molecule has 0 bridgehead atoms. The standard InChI is InChI=1S/C35H23FO5S/c1-22-2-12-28(13-3-22)42(41)35-20-25(8-16-31(35)36)6-10-26-21-27(37)11-15-29(26)30-14-7-23(18-33(30)39)4-5-24-9-17-32(38)34(40)19-24/h2-3,7-9,11-21,37-40H,1H3. The molecule has 0 spiro atoms. The van der Waals surface area contributed by atoms with Crippen molar-refractivity contribution in [3.05, 3.63) is 131 Å². The number of benzene rings is 5. The van der Waals surface area contributed by atoms with Crippen LogP contribution in [0.3, 0.4) is 0 Å². The van der Waals surface area contributed by atoms with Crippen molar-refractivity contribution >= 4 is 10.8 Å². The number of aryl methyl sites for hydroxylation is 1. The molecule has 42 heavy (non-hydrogen) atoms. The summed E-state index contributed by atoms with van der Waals surface area (Å²) in [5, 5.41) is 40.1. The van der Waals surface area contributed by atoms with E-state index in [1.807, 2.05) is 19.1 Å². The molecule has 5 rings (SSSR count). The Morgan fingerprint density at radius 2 is 1.19 bits per heavy atom. The Hall–Kier alpha value is -5.50. The van der Waals surface area contributed by atoms with Gasteiger partial charge in [-0.25, -0.2) is 8.60 Å². The normalized spacial score (nSPS) is 11.1. The average molecular weight is 575 g/mol. The zero-order chi connectivity index (χ0) is 29.8. The van der Waals surface area contributed by atoms with E-state index < -0.39 is 16.6 Å². The van der Waals surface area contributed by atoms with Gasteiger partial charge < -0.3 is 20.4 Å². The zero-order valence-electron chi connectivity index (χ0n) is 22.2. The zero-order valence-corrected chi connectivity index (χ0v) is 23.0. The molecule has 5 aromatic carbocycles. The van der Waals surface area contributed by atoms with E-state index in [1.54, 1.807) is 36.4 Å². The maximum Gasteiger partial charge on any atom is 0.158 e. The minimum Gasteiger partial charge on any atom is -0.508 e. The van der Waals surface area contributed by atoms with E-state index in [9.17, 15) is 29.0 Å². The molecule has 1 atom stereocenters. The highest BCUT2D eigenvalue weighted by molar-refractivity contribution is 7.85. The SMILES string of the molecule is Cc1ccc(S(=O)c2cc(C#Cc3cc(O)ccc3-c3ccc(C#Cc4ccc(O)c(O)c4)cc3O)ccc2F)cc1. The molecule has 0 fully saturated rings. The summed E-state index contributed by atoms with van der Waals surface area (Å²) in [6.07, 6.45) is 0. The topological polar surface area (TPSA) is 98.0 Å². The van der Waals surface area contributed by atoms with E-state index in [0.29, 0.717) is 38.3 Å². The van der Waals surface area contributed by atoms with E-state index >= 15 is 0 Å². The van der Waals surface area contributed by atoms with Crippen LogP contribution in [0.1, 0.15) is 27.8 Å². The van der Waals surface area contributed by atoms with Crippen molar-refractivity contribution in [1.29, 1.82) is 0 Å². The molecule has 0 aliphatic heterocycles. The third-order valence-electron chi connectivity index (χ3n) is 6.33. The van der Waals surface area contributed by atoms with Gasteiger partial charge in [0.15, 0.2) is 11.5 Å². The van der Waals surface area contributed by atoms with E-state index in [-0.39, 0.29) is 27.9 Å². The number of hydrogen-bond acceptors (Lipinski definition) is 5. The molecular weight excluding hydrogens is 551 g/mol. The van der Waals surface area contributed by atoms with Crippen LogP contribution in [0.25, 0.3) is 11.1 Å². The number of phenolic OH excluding ortho intramolecular Hbond substituents is 4. The Morgan fingerprint density at radius 1 is 0.595 bits per heavy atom. The lowest BCUT2D eigenvalue weighted by Crippen LogP contribution is -1.97. The lowest BCUT2D eigenvalue weighted by Gasteiger charge is -2.09. The van der Waals surface area contributed by atoms with Gasteiger partial charge in [0, 0.05) is 38.3 Å². The quantitative estimate of drug-likeness (QED) is 0.144. The fourth-order valence-corrected chi connectivity index (χ4v) is 5.22. The van der Waals surface area contributed by atoms with Crippen LogP contribution in [0.4, 0.5) is 4.39 Å². The van der Waals surface area contributed by atoms with Gasteiger partial charge in [0.1, 0.15) is 17.3 Å². The van der Waals surface area contributed by atoms with Gasteiger partial charge in [-0.15, -0.1) is 0 Å². The Balaban J connectivity index is 1.46. The number of hydrogen-bond donors (Lipinski definition) is 4. The van der Waals surface area contributed by atoms with Crippen molar-refractivity contribution in [1.82, 2.24) is 0 Å². The van der Waals surface area contributed by atoms with Crippen LogP contribution in [0.5, 0.6) is 23.0 Å². The summed E-state index contributed by atoms with van der Waals surface area (Å²) in [6.45, 7) is 1.91. The first-order valence-corrected chi connectivity index (χ1v) is 13.8. The van der Waals surface area contributed by atoms with Gasteiger partial charge in [-0.05, 0) is 91.9 Å². The fraction of sp³-hybridized carbons (Fsp3) is 0.0286.